The maximum Gasteiger partial charge on any atom is 0.247 e. The van der Waals surface area contributed by atoms with Gasteiger partial charge in [0, 0.05) is 6.54 Å². The molecule has 1 rings (SSSR count). The molecule has 0 radical (unpaired) electrons. The molecule has 68 valence electrons. The van der Waals surface area contributed by atoms with Crippen molar-refractivity contribution in [3.63, 3.8) is 0 Å². The van der Waals surface area contributed by atoms with Gasteiger partial charge < -0.3 is 9.64 Å². The molecule has 0 saturated carbocycles. The van der Waals surface area contributed by atoms with Gasteiger partial charge in [-0.3, -0.25) is 10.6 Å². The lowest BCUT2D eigenvalue weighted by atomic mass is 10.3. The zero-order valence-corrected chi connectivity index (χ0v) is 6.82. The largest absolute Gasteiger partial charge is 0.376 e. The molecule has 1 aliphatic heterocycles. The molecule has 0 aromatic rings. The highest BCUT2D eigenvalue weighted by Crippen LogP contribution is 2.03. The van der Waals surface area contributed by atoms with Crippen molar-refractivity contribution >= 4 is 5.91 Å². The molecule has 1 amide bonds. The van der Waals surface area contributed by atoms with Crippen molar-refractivity contribution in [2.24, 2.45) is 5.84 Å². The third kappa shape index (κ3) is 1.82. The van der Waals surface area contributed by atoms with Crippen LogP contribution in [0.2, 0.25) is 0 Å². The number of nitrogens with one attached hydrogen (secondary N) is 1. The molecular weight excluding hydrogens is 158 g/mol. The molecule has 0 aromatic heterocycles. The van der Waals surface area contributed by atoms with E-state index in [1.54, 1.807) is 4.90 Å². The smallest absolute Gasteiger partial charge is 0.247 e. The first kappa shape index (κ1) is 9.18. The first-order valence-corrected chi connectivity index (χ1v) is 3.76. The SMILES string of the molecule is C=CC(=O)N1CCOCC1NN. The predicted octanol–water partition coefficient (Wildman–Crippen LogP) is -1.18. The fraction of sp³-hybridized carbons (Fsp3) is 0.571. The van der Waals surface area contributed by atoms with E-state index in [1.165, 1.54) is 6.08 Å². The van der Waals surface area contributed by atoms with Crippen LogP contribution in [0.4, 0.5) is 0 Å². The summed E-state index contributed by atoms with van der Waals surface area (Å²) in [6, 6.07) is 0. The molecule has 3 N–H and O–H groups in total. The van der Waals surface area contributed by atoms with Crippen molar-refractivity contribution in [3.8, 4) is 0 Å². The van der Waals surface area contributed by atoms with Crippen LogP contribution in [0.25, 0.3) is 0 Å². The third-order valence-corrected chi connectivity index (χ3v) is 1.78. The Morgan fingerprint density at radius 1 is 1.83 bits per heavy atom. The van der Waals surface area contributed by atoms with Crippen molar-refractivity contribution < 1.29 is 9.53 Å². The number of hydrogen-bond donors (Lipinski definition) is 2. The maximum absolute atomic E-state index is 11.2. The Balaban J connectivity index is 2.58. The molecule has 1 fully saturated rings. The number of carbonyl (C=O) groups is 1. The molecule has 1 atom stereocenters. The molecule has 5 nitrogen and oxygen atoms in total. The topological polar surface area (TPSA) is 67.6 Å². The summed E-state index contributed by atoms with van der Waals surface area (Å²) in [4.78, 5) is 12.8. The van der Waals surface area contributed by atoms with Crippen LogP contribution in [0.15, 0.2) is 12.7 Å². The first-order chi connectivity index (χ1) is 5.79. The minimum Gasteiger partial charge on any atom is -0.376 e. The Morgan fingerprint density at radius 2 is 2.58 bits per heavy atom. The first-order valence-electron chi connectivity index (χ1n) is 3.76. The summed E-state index contributed by atoms with van der Waals surface area (Å²) in [7, 11) is 0. The van der Waals surface area contributed by atoms with Gasteiger partial charge in [-0.2, -0.15) is 0 Å². The summed E-state index contributed by atoms with van der Waals surface area (Å²) in [5.74, 6) is 5.10. The summed E-state index contributed by atoms with van der Waals surface area (Å²) in [5.41, 5.74) is 2.50. The fourth-order valence-electron chi connectivity index (χ4n) is 1.12. The molecule has 0 aromatic carbocycles. The Hall–Kier alpha value is -0.910. The van der Waals surface area contributed by atoms with Gasteiger partial charge in [0.1, 0.15) is 6.17 Å². The standard InChI is InChI=1S/C7H13N3O2/c1-2-7(11)10-3-4-12-5-6(10)9-8/h2,6,9H,1,3-5,8H2. The second kappa shape index (κ2) is 4.20. The van der Waals surface area contributed by atoms with Crippen LogP contribution < -0.4 is 11.3 Å². The lowest BCUT2D eigenvalue weighted by molar-refractivity contribution is -0.135. The van der Waals surface area contributed by atoms with Gasteiger partial charge in [0.05, 0.1) is 13.2 Å². The highest BCUT2D eigenvalue weighted by atomic mass is 16.5. The van der Waals surface area contributed by atoms with Gasteiger partial charge in [-0.05, 0) is 6.08 Å². The van der Waals surface area contributed by atoms with E-state index >= 15 is 0 Å². The number of nitrogens with zero attached hydrogens (tertiary/aromatic N) is 1. The van der Waals surface area contributed by atoms with Gasteiger partial charge in [0.2, 0.25) is 5.91 Å². The molecule has 1 unspecified atom stereocenters. The third-order valence-electron chi connectivity index (χ3n) is 1.78. The van der Waals surface area contributed by atoms with Crippen LogP contribution in [0.1, 0.15) is 0 Å². The average molecular weight is 171 g/mol. The monoisotopic (exact) mass is 171 g/mol. The molecule has 0 aliphatic carbocycles. The molecule has 1 saturated heterocycles. The maximum atomic E-state index is 11.2. The molecule has 1 heterocycles. The van der Waals surface area contributed by atoms with Gasteiger partial charge in [-0.1, -0.05) is 6.58 Å². The number of hydrazine groups is 1. The molecule has 12 heavy (non-hydrogen) atoms. The number of carbonyl (C=O) groups excluding carboxylic acids is 1. The summed E-state index contributed by atoms with van der Waals surface area (Å²) < 4.78 is 5.13. The zero-order valence-electron chi connectivity index (χ0n) is 6.82. The van der Waals surface area contributed by atoms with Crippen LogP contribution in [0, 0.1) is 0 Å². The van der Waals surface area contributed by atoms with Crippen molar-refractivity contribution in [1.82, 2.24) is 10.3 Å². The Kier molecular flexibility index (Phi) is 3.21. The van der Waals surface area contributed by atoms with Gasteiger partial charge in [-0.15, -0.1) is 0 Å². The number of hydrogen-bond acceptors (Lipinski definition) is 4. The quantitative estimate of drug-likeness (QED) is 0.312. The Labute approximate surface area is 71.1 Å². The van der Waals surface area contributed by atoms with Crippen LogP contribution in [-0.4, -0.2) is 36.7 Å². The molecular formula is C7H13N3O2. The van der Waals surface area contributed by atoms with E-state index in [9.17, 15) is 4.79 Å². The molecule has 0 spiro atoms. The van der Waals surface area contributed by atoms with Crippen LogP contribution in [0.5, 0.6) is 0 Å². The van der Waals surface area contributed by atoms with Gasteiger partial charge in [-0.25, -0.2) is 5.43 Å². The number of nitrogens with two attached hydrogens (primary N) is 1. The number of rotatable bonds is 2. The number of morpholine rings is 1. The highest BCUT2D eigenvalue weighted by Gasteiger charge is 2.24. The lowest BCUT2D eigenvalue weighted by Gasteiger charge is -2.34. The van der Waals surface area contributed by atoms with Crippen molar-refractivity contribution in [2.75, 3.05) is 19.8 Å². The Bertz CT molecular complexity index is 183. The van der Waals surface area contributed by atoms with Gasteiger partial charge >= 0.3 is 0 Å². The second-order valence-electron chi connectivity index (χ2n) is 2.49. The van der Waals surface area contributed by atoms with E-state index in [0.29, 0.717) is 19.8 Å². The summed E-state index contributed by atoms with van der Waals surface area (Å²) >= 11 is 0. The van der Waals surface area contributed by atoms with Crippen molar-refractivity contribution in [2.45, 2.75) is 6.17 Å². The van der Waals surface area contributed by atoms with Crippen LogP contribution in [-0.2, 0) is 9.53 Å². The van der Waals surface area contributed by atoms with E-state index in [2.05, 4.69) is 12.0 Å². The van der Waals surface area contributed by atoms with Crippen molar-refractivity contribution in [1.29, 1.82) is 0 Å². The second-order valence-corrected chi connectivity index (χ2v) is 2.49. The average Bonchev–Trinajstić information content (AvgIpc) is 2.16. The van der Waals surface area contributed by atoms with Crippen LogP contribution in [0.3, 0.4) is 0 Å². The molecule has 0 bridgehead atoms. The predicted molar refractivity (Wildman–Crippen MR) is 43.8 cm³/mol. The van der Waals surface area contributed by atoms with E-state index in [-0.39, 0.29) is 12.1 Å². The van der Waals surface area contributed by atoms with E-state index in [1.807, 2.05) is 0 Å². The van der Waals surface area contributed by atoms with Gasteiger partial charge in [0.25, 0.3) is 0 Å². The zero-order chi connectivity index (χ0) is 8.97. The molecule has 1 aliphatic rings. The minimum absolute atomic E-state index is 0.124. The number of amides is 1. The van der Waals surface area contributed by atoms with Gasteiger partial charge in [0.15, 0.2) is 0 Å². The fourth-order valence-corrected chi connectivity index (χ4v) is 1.12. The summed E-state index contributed by atoms with van der Waals surface area (Å²) in [6.07, 6.45) is 1.04. The lowest BCUT2D eigenvalue weighted by Crippen LogP contribution is -2.57. The summed E-state index contributed by atoms with van der Waals surface area (Å²) in [5, 5.41) is 0. The normalized spacial score (nSPS) is 23.8. The minimum atomic E-state index is -0.232. The van der Waals surface area contributed by atoms with E-state index in [0.717, 1.165) is 0 Å². The highest BCUT2D eigenvalue weighted by molar-refractivity contribution is 5.87. The Morgan fingerprint density at radius 3 is 3.17 bits per heavy atom. The van der Waals surface area contributed by atoms with E-state index in [4.69, 9.17) is 10.6 Å². The van der Waals surface area contributed by atoms with Crippen LogP contribution >= 0.6 is 0 Å². The summed E-state index contributed by atoms with van der Waals surface area (Å²) in [6.45, 7) is 4.94. The van der Waals surface area contributed by atoms with E-state index < -0.39 is 0 Å². The molecule has 5 heteroatoms. The number of ether oxygens (including phenoxy) is 1. The van der Waals surface area contributed by atoms with Crippen molar-refractivity contribution in [3.05, 3.63) is 12.7 Å².